The summed E-state index contributed by atoms with van der Waals surface area (Å²) >= 11 is 12.6. The molecular weight excluding hydrogens is 362 g/mol. The van der Waals surface area contributed by atoms with Crippen molar-refractivity contribution in [3.8, 4) is 5.75 Å². The average molecular weight is 370 g/mol. The predicted molar refractivity (Wildman–Crippen MR) is 78.6 cm³/mol. The molecule has 0 aliphatic carbocycles. The maximum atomic E-state index is 12.3. The summed E-state index contributed by atoms with van der Waals surface area (Å²) in [4.78, 5) is 11.9. The molecule has 0 aliphatic rings. The first-order valence-corrected chi connectivity index (χ1v) is 7.40. The van der Waals surface area contributed by atoms with Gasteiger partial charge in [0.25, 0.3) is 5.91 Å². The lowest BCUT2D eigenvalue weighted by atomic mass is 10.2. The zero-order chi connectivity index (χ0) is 16.3. The van der Waals surface area contributed by atoms with Crippen LogP contribution in [-0.4, -0.2) is 12.3 Å². The molecule has 9 heteroatoms. The molecule has 118 valence electrons. The van der Waals surface area contributed by atoms with Crippen molar-refractivity contribution in [3.63, 3.8) is 0 Å². The number of amides is 1. The summed E-state index contributed by atoms with van der Waals surface area (Å²) in [7, 11) is 0. The van der Waals surface area contributed by atoms with Gasteiger partial charge in [0.15, 0.2) is 0 Å². The van der Waals surface area contributed by atoms with E-state index in [1.54, 1.807) is 6.07 Å². The molecule has 1 aromatic heterocycles. The van der Waals surface area contributed by atoms with Crippen molar-refractivity contribution in [2.45, 2.75) is 12.9 Å². The fourth-order valence-electron chi connectivity index (χ4n) is 1.64. The minimum absolute atomic E-state index is 0.144. The second-order valence-corrected chi connectivity index (χ2v) is 6.36. The second-order valence-electron chi connectivity index (χ2n) is 4.08. The molecule has 0 atom stereocenters. The number of hydrogen-bond acceptors (Lipinski definition) is 3. The molecule has 22 heavy (non-hydrogen) atoms. The summed E-state index contributed by atoms with van der Waals surface area (Å²) in [6.07, 6.45) is -4.80. The van der Waals surface area contributed by atoms with Crippen LogP contribution >= 0.6 is 34.5 Å². The van der Waals surface area contributed by atoms with Gasteiger partial charge in [0.2, 0.25) is 0 Å². The molecular formula is C13H8Cl2F3NO2S. The van der Waals surface area contributed by atoms with Gasteiger partial charge < -0.3 is 10.1 Å². The SMILES string of the molecule is O=C(NCc1ccccc1OC(F)(F)F)c1cc(Cl)sc1Cl. The van der Waals surface area contributed by atoms with Crippen LogP contribution in [0.15, 0.2) is 30.3 Å². The lowest BCUT2D eigenvalue weighted by Gasteiger charge is -2.13. The maximum Gasteiger partial charge on any atom is 0.573 e. The van der Waals surface area contributed by atoms with E-state index in [0.29, 0.717) is 4.34 Å². The first-order chi connectivity index (χ1) is 10.3. The molecule has 0 aliphatic heterocycles. The number of halogens is 5. The van der Waals surface area contributed by atoms with Gasteiger partial charge in [-0.1, -0.05) is 41.4 Å². The summed E-state index contributed by atoms with van der Waals surface area (Å²) in [5, 5.41) is 2.47. The van der Waals surface area contributed by atoms with E-state index in [1.165, 1.54) is 24.3 Å². The third kappa shape index (κ3) is 4.53. The number of nitrogens with one attached hydrogen (secondary N) is 1. The topological polar surface area (TPSA) is 38.3 Å². The molecule has 1 heterocycles. The molecule has 0 saturated heterocycles. The summed E-state index contributed by atoms with van der Waals surface area (Å²) < 4.78 is 41.4. The van der Waals surface area contributed by atoms with Crippen molar-refractivity contribution >= 4 is 40.4 Å². The molecule has 2 aromatic rings. The normalized spacial score (nSPS) is 11.3. The van der Waals surface area contributed by atoms with Crippen LogP contribution in [0.2, 0.25) is 8.67 Å². The maximum absolute atomic E-state index is 12.3. The quantitative estimate of drug-likeness (QED) is 0.833. The zero-order valence-electron chi connectivity index (χ0n) is 10.7. The van der Waals surface area contributed by atoms with Gasteiger partial charge >= 0.3 is 6.36 Å². The highest BCUT2D eigenvalue weighted by Gasteiger charge is 2.32. The van der Waals surface area contributed by atoms with Crippen LogP contribution in [0, 0.1) is 0 Å². The van der Waals surface area contributed by atoms with E-state index >= 15 is 0 Å². The van der Waals surface area contributed by atoms with Crippen LogP contribution in [0.5, 0.6) is 5.75 Å². The minimum atomic E-state index is -4.80. The van der Waals surface area contributed by atoms with E-state index in [4.69, 9.17) is 23.2 Å². The van der Waals surface area contributed by atoms with Crippen molar-refractivity contribution in [1.82, 2.24) is 5.32 Å². The summed E-state index contributed by atoms with van der Waals surface area (Å²) in [5.74, 6) is -0.903. The molecule has 0 bridgehead atoms. The fourth-order valence-corrected chi connectivity index (χ4v) is 3.10. The minimum Gasteiger partial charge on any atom is -0.405 e. The molecule has 1 aromatic carbocycles. The number of rotatable bonds is 4. The van der Waals surface area contributed by atoms with E-state index in [9.17, 15) is 18.0 Å². The Hall–Kier alpha value is -1.44. The van der Waals surface area contributed by atoms with Crippen LogP contribution in [0.4, 0.5) is 13.2 Å². The summed E-state index contributed by atoms with van der Waals surface area (Å²) in [5.41, 5.74) is 0.358. The van der Waals surface area contributed by atoms with Crippen molar-refractivity contribution < 1.29 is 22.7 Å². The number of benzene rings is 1. The monoisotopic (exact) mass is 369 g/mol. The van der Waals surface area contributed by atoms with E-state index in [0.717, 1.165) is 11.3 Å². The van der Waals surface area contributed by atoms with Gasteiger partial charge in [-0.15, -0.1) is 24.5 Å². The van der Waals surface area contributed by atoms with Crippen molar-refractivity contribution in [1.29, 1.82) is 0 Å². The Morgan fingerprint density at radius 3 is 2.55 bits per heavy atom. The number of ether oxygens (including phenoxy) is 1. The highest BCUT2D eigenvalue weighted by atomic mass is 35.5. The number of alkyl halides is 3. The van der Waals surface area contributed by atoms with Crippen LogP contribution in [0.3, 0.4) is 0 Å². The molecule has 1 N–H and O–H groups in total. The van der Waals surface area contributed by atoms with Crippen LogP contribution in [0.25, 0.3) is 0 Å². The Morgan fingerprint density at radius 1 is 1.27 bits per heavy atom. The van der Waals surface area contributed by atoms with Crippen molar-refractivity contribution in [3.05, 3.63) is 50.1 Å². The highest BCUT2D eigenvalue weighted by Crippen LogP contribution is 2.31. The van der Waals surface area contributed by atoms with Crippen LogP contribution in [-0.2, 0) is 6.54 Å². The lowest BCUT2D eigenvalue weighted by Crippen LogP contribution is -2.24. The second kappa shape index (κ2) is 6.76. The van der Waals surface area contributed by atoms with Gasteiger partial charge in [0, 0.05) is 12.1 Å². The third-order valence-corrected chi connectivity index (χ3v) is 4.03. The van der Waals surface area contributed by atoms with Gasteiger partial charge in [-0.3, -0.25) is 4.79 Å². The Kier molecular flexibility index (Phi) is 5.20. The number of para-hydroxylation sites is 1. The van der Waals surface area contributed by atoms with Gasteiger partial charge in [0.05, 0.1) is 9.90 Å². The summed E-state index contributed by atoms with van der Waals surface area (Å²) in [6.45, 7) is -0.144. The third-order valence-electron chi connectivity index (χ3n) is 2.54. The number of thiophene rings is 1. The molecule has 0 unspecified atom stereocenters. The number of hydrogen-bond donors (Lipinski definition) is 1. The molecule has 0 fully saturated rings. The van der Waals surface area contributed by atoms with Gasteiger partial charge in [-0.2, -0.15) is 0 Å². The van der Waals surface area contributed by atoms with Crippen molar-refractivity contribution in [2.24, 2.45) is 0 Å². The van der Waals surface area contributed by atoms with Crippen LogP contribution < -0.4 is 10.1 Å². The van der Waals surface area contributed by atoms with E-state index in [-0.39, 0.29) is 27.8 Å². The molecule has 0 saturated carbocycles. The van der Waals surface area contributed by atoms with E-state index in [2.05, 4.69) is 10.1 Å². The first-order valence-electron chi connectivity index (χ1n) is 5.83. The molecule has 3 nitrogen and oxygen atoms in total. The Morgan fingerprint density at radius 2 is 1.95 bits per heavy atom. The number of carbonyl (C=O) groups excluding carboxylic acids is 1. The average Bonchev–Trinajstić information content (AvgIpc) is 2.75. The zero-order valence-corrected chi connectivity index (χ0v) is 13.0. The molecule has 1 amide bonds. The van der Waals surface area contributed by atoms with E-state index in [1.807, 2.05) is 0 Å². The standard InChI is InChI=1S/C13H8Cl2F3NO2S/c14-10-5-8(11(15)22-10)12(20)19-6-7-3-1-2-4-9(7)21-13(16,17)18/h1-5H,6H2,(H,19,20). The highest BCUT2D eigenvalue weighted by molar-refractivity contribution is 7.20. The fraction of sp³-hybridized carbons (Fsp3) is 0.154. The Balaban J connectivity index is 2.09. The largest absolute Gasteiger partial charge is 0.573 e. The number of carbonyl (C=O) groups is 1. The summed E-state index contributed by atoms with van der Waals surface area (Å²) in [6, 6.07) is 6.93. The van der Waals surface area contributed by atoms with E-state index < -0.39 is 12.3 Å². The lowest BCUT2D eigenvalue weighted by molar-refractivity contribution is -0.274. The van der Waals surface area contributed by atoms with Gasteiger partial charge in [-0.05, 0) is 12.1 Å². The van der Waals surface area contributed by atoms with Crippen molar-refractivity contribution in [2.75, 3.05) is 0 Å². The molecule has 2 rings (SSSR count). The molecule has 0 spiro atoms. The smallest absolute Gasteiger partial charge is 0.405 e. The van der Waals surface area contributed by atoms with Crippen LogP contribution in [0.1, 0.15) is 15.9 Å². The first kappa shape index (κ1) is 16.9. The van der Waals surface area contributed by atoms with Gasteiger partial charge in [0.1, 0.15) is 10.1 Å². The Bertz CT molecular complexity index is 688. The Labute approximate surface area is 137 Å². The van der Waals surface area contributed by atoms with Gasteiger partial charge in [-0.25, -0.2) is 0 Å². The predicted octanol–water partition coefficient (Wildman–Crippen LogP) is 4.88. The molecule has 0 radical (unpaired) electrons.